The Labute approximate surface area is 218 Å². The zero-order valence-electron chi connectivity index (χ0n) is 20.0. The number of hydrogen-bond acceptors (Lipinski definition) is 6. The minimum atomic E-state index is -4.84. The number of rotatable bonds is 7. The predicted molar refractivity (Wildman–Crippen MR) is 129 cm³/mol. The summed E-state index contributed by atoms with van der Waals surface area (Å²) < 4.78 is 42.7. The van der Waals surface area contributed by atoms with E-state index in [1.54, 1.807) is 12.1 Å². The SMILES string of the molecule is O=C(O)c1ccc2c(c1)CC[C@@H]2NC(=O)c1cc(C(=O)NCc2cccc(OC(F)(F)F)c2)nc2ccnn12. The third-order valence-electron chi connectivity index (χ3n) is 6.18. The van der Waals surface area contributed by atoms with E-state index in [1.807, 2.05) is 0 Å². The zero-order chi connectivity index (χ0) is 27.7. The molecule has 200 valence electrons. The lowest BCUT2D eigenvalue weighted by atomic mass is 10.0. The molecule has 5 rings (SSSR count). The van der Waals surface area contributed by atoms with Crippen molar-refractivity contribution < 1.29 is 37.4 Å². The molecular weight excluding hydrogens is 519 g/mol. The molecule has 0 aliphatic heterocycles. The van der Waals surface area contributed by atoms with Crippen molar-refractivity contribution >= 4 is 23.4 Å². The number of carbonyl (C=O) groups excluding carboxylic acids is 2. The number of aryl methyl sites for hydroxylation is 1. The number of benzene rings is 2. The van der Waals surface area contributed by atoms with E-state index in [4.69, 9.17) is 0 Å². The molecule has 39 heavy (non-hydrogen) atoms. The fourth-order valence-corrected chi connectivity index (χ4v) is 4.45. The fourth-order valence-electron chi connectivity index (χ4n) is 4.45. The summed E-state index contributed by atoms with van der Waals surface area (Å²) in [6.07, 6.45) is -2.25. The molecule has 0 radical (unpaired) electrons. The number of ether oxygens (including phenoxy) is 1. The Balaban J connectivity index is 1.32. The van der Waals surface area contributed by atoms with E-state index in [9.17, 15) is 32.7 Å². The van der Waals surface area contributed by atoms with Crippen molar-refractivity contribution in [3.63, 3.8) is 0 Å². The van der Waals surface area contributed by atoms with Crippen LogP contribution in [0.25, 0.3) is 5.65 Å². The number of nitrogens with one attached hydrogen (secondary N) is 2. The molecule has 13 heteroatoms. The number of amides is 2. The molecule has 1 aliphatic rings. The third kappa shape index (κ3) is 5.66. The largest absolute Gasteiger partial charge is 0.573 e. The Morgan fingerprint density at radius 1 is 1.08 bits per heavy atom. The van der Waals surface area contributed by atoms with Crippen molar-refractivity contribution in [2.45, 2.75) is 31.8 Å². The molecule has 1 atom stereocenters. The molecule has 0 bridgehead atoms. The minimum absolute atomic E-state index is 0.0475. The number of halogens is 3. The lowest BCUT2D eigenvalue weighted by Crippen LogP contribution is -2.30. The number of hydrogen-bond donors (Lipinski definition) is 3. The minimum Gasteiger partial charge on any atom is -0.478 e. The average Bonchev–Trinajstić information content (AvgIpc) is 3.52. The van der Waals surface area contributed by atoms with Gasteiger partial charge < -0.3 is 20.5 Å². The smallest absolute Gasteiger partial charge is 0.478 e. The van der Waals surface area contributed by atoms with Gasteiger partial charge in [0.2, 0.25) is 0 Å². The lowest BCUT2D eigenvalue weighted by Gasteiger charge is -2.15. The average molecular weight is 539 g/mol. The summed E-state index contributed by atoms with van der Waals surface area (Å²) in [7, 11) is 0. The normalized spacial score (nSPS) is 14.6. The first kappa shape index (κ1) is 25.7. The Hall–Kier alpha value is -4.94. The van der Waals surface area contributed by atoms with Gasteiger partial charge >= 0.3 is 12.3 Å². The van der Waals surface area contributed by atoms with Gasteiger partial charge in [0, 0.05) is 18.7 Å². The number of aromatic nitrogens is 3. The zero-order valence-corrected chi connectivity index (χ0v) is 20.0. The number of carboxylic acids is 1. The first-order valence-corrected chi connectivity index (χ1v) is 11.7. The van der Waals surface area contributed by atoms with Crippen LogP contribution in [0.1, 0.15) is 60.5 Å². The second-order valence-electron chi connectivity index (χ2n) is 8.79. The van der Waals surface area contributed by atoms with Crippen LogP contribution >= 0.6 is 0 Å². The fraction of sp³-hybridized carbons (Fsp3) is 0.192. The van der Waals surface area contributed by atoms with Crippen molar-refractivity contribution in [3.05, 3.63) is 94.4 Å². The number of carboxylic acid groups (broad SMARTS) is 1. The molecule has 10 nitrogen and oxygen atoms in total. The molecule has 0 saturated heterocycles. The van der Waals surface area contributed by atoms with Crippen molar-refractivity contribution in [1.29, 1.82) is 0 Å². The molecule has 2 aromatic heterocycles. The number of nitrogens with zero attached hydrogens (tertiary/aromatic N) is 3. The van der Waals surface area contributed by atoms with Crippen LogP contribution in [0.15, 0.2) is 60.8 Å². The van der Waals surface area contributed by atoms with Crippen LogP contribution in [-0.4, -0.2) is 43.9 Å². The summed E-state index contributed by atoms with van der Waals surface area (Å²) >= 11 is 0. The summed E-state index contributed by atoms with van der Waals surface area (Å²) in [5.74, 6) is -2.62. The van der Waals surface area contributed by atoms with E-state index in [2.05, 4.69) is 25.5 Å². The maximum absolute atomic E-state index is 13.3. The van der Waals surface area contributed by atoms with E-state index in [0.29, 0.717) is 18.4 Å². The van der Waals surface area contributed by atoms with Crippen molar-refractivity contribution in [2.75, 3.05) is 0 Å². The molecule has 1 aliphatic carbocycles. The molecule has 3 N–H and O–H groups in total. The van der Waals surface area contributed by atoms with Gasteiger partial charge in [0.1, 0.15) is 17.1 Å². The van der Waals surface area contributed by atoms with Crippen LogP contribution in [-0.2, 0) is 13.0 Å². The van der Waals surface area contributed by atoms with Crippen LogP contribution in [0.4, 0.5) is 13.2 Å². The molecule has 0 unspecified atom stereocenters. The van der Waals surface area contributed by atoms with Gasteiger partial charge in [-0.3, -0.25) is 9.59 Å². The van der Waals surface area contributed by atoms with Gasteiger partial charge in [-0.1, -0.05) is 18.2 Å². The monoisotopic (exact) mass is 539 g/mol. The van der Waals surface area contributed by atoms with Crippen LogP contribution in [0, 0.1) is 0 Å². The summed E-state index contributed by atoms with van der Waals surface area (Å²) in [5.41, 5.74) is 2.38. The van der Waals surface area contributed by atoms with Gasteiger partial charge in [-0.05, 0) is 53.8 Å². The highest BCUT2D eigenvalue weighted by molar-refractivity contribution is 5.98. The Kier molecular flexibility index (Phi) is 6.64. The third-order valence-corrected chi connectivity index (χ3v) is 6.18. The highest BCUT2D eigenvalue weighted by Gasteiger charge is 2.31. The molecule has 2 aromatic carbocycles. The number of carbonyl (C=O) groups is 3. The highest BCUT2D eigenvalue weighted by Crippen LogP contribution is 2.32. The van der Waals surface area contributed by atoms with E-state index in [-0.39, 0.29) is 35.2 Å². The molecule has 0 fully saturated rings. The molecule has 2 heterocycles. The quantitative estimate of drug-likeness (QED) is 0.326. The summed E-state index contributed by atoms with van der Waals surface area (Å²) in [6, 6.07) is 12.4. The van der Waals surface area contributed by atoms with Gasteiger partial charge in [-0.15, -0.1) is 13.2 Å². The first-order chi connectivity index (χ1) is 18.6. The maximum Gasteiger partial charge on any atom is 0.573 e. The van der Waals surface area contributed by atoms with Crippen LogP contribution in [0.2, 0.25) is 0 Å². The van der Waals surface area contributed by atoms with Gasteiger partial charge in [-0.25, -0.2) is 14.3 Å². The number of aromatic carboxylic acids is 1. The van der Waals surface area contributed by atoms with Crippen LogP contribution in [0.3, 0.4) is 0 Å². The summed E-state index contributed by atoms with van der Waals surface area (Å²) in [6.45, 7) is -0.112. The summed E-state index contributed by atoms with van der Waals surface area (Å²) in [5, 5.41) is 18.8. The molecule has 2 amide bonds. The topological polar surface area (TPSA) is 135 Å². The molecular formula is C26H20F3N5O5. The van der Waals surface area contributed by atoms with Crippen molar-refractivity contribution in [1.82, 2.24) is 25.2 Å². The molecule has 0 saturated carbocycles. The van der Waals surface area contributed by atoms with Gasteiger partial charge in [0.25, 0.3) is 11.8 Å². The summed E-state index contributed by atoms with van der Waals surface area (Å²) in [4.78, 5) is 41.6. The lowest BCUT2D eigenvalue weighted by molar-refractivity contribution is -0.274. The van der Waals surface area contributed by atoms with Gasteiger partial charge in [0.05, 0.1) is 17.8 Å². The van der Waals surface area contributed by atoms with Crippen molar-refractivity contribution in [3.8, 4) is 5.75 Å². The highest BCUT2D eigenvalue weighted by atomic mass is 19.4. The number of fused-ring (bicyclic) bond motifs is 2. The van der Waals surface area contributed by atoms with Crippen LogP contribution < -0.4 is 15.4 Å². The van der Waals surface area contributed by atoms with E-state index < -0.39 is 29.9 Å². The maximum atomic E-state index is 13.3. The number of alkyl halides is 3. The van der Waals surface area contributed by atoms with Crippen LogP contribution in [0.5, 0.6) is 5.75 Å². The Morgan fingerprint density at radius 3 is 2.67 bits per heavy atom. The van der Waals surface area contributed by atoms with E-state index in [0.717, 1.165) is 23.3 Å². The van der Waals surface area contributed by atoms with Gasteiger partial charge in [0.15, 0.2) is 5.65 Å². The standard InChI is InChI=1S/C26H20F3N5O5/c27-26(28,29)39-17-3-1-2-14(10-17)13-30-23(35)20-12-21(34-22(32-20)8-9-31-34)24(36)33-19-7-5-15-11-16(25(37)38)4-6-18(15)19/h1-4,6,8-12,19H,5,7,13H2,(H,30,35)(H,33,36)(H,37,38)/t19-/m0/s1. The second kappa shape index (κ2) is 10.1. The second-order valence-corrected chi connectivity index (χ2v) is 8.79. The predicted octanol–water partition coefficient (Wildman–Crippen LogP) is 3.67. The molecule has 4 aromatic rings. The van der Waals surface area contributed by atoms with Gasteiger partial charge in [-0.2, -0.15) is 5.10 Å². The first-order valence-electron chi connectivity index (χ1n) is 11.7. The Bertz CT molecular complexity index is 1600. The van der Waals surface area contributed by atoms with E-state index in [1.165, 1.54) is 41.0 Å². The molecule has 0 spiro atoms. The Morgan fingerprint density at radius 2 is 1.90 bits per heavy atom. The van der Waals surface area contributed by atoms with Crippen molar-refractivity contribution in [2.24, 2.45) is 0 Å². The van der Waals surface area contributed by atoms with E-state index >= 15 is 0 Å².